The third kappa shape index (κ3) is 2.43. The molecule has 1 amide bonds. The lowest BCUT2D eigenvalue weighted by molar-refractivity contribution is 0.0950. The van der Waals surface area contributed by atoms with Crippen molar-refractivity contribution < 1.29 is 9.53 Å². The SMILES string of the molecule is CCNC(=O)c1cc(OC)ccn1. The summed E-state index contributed by atoms with van der Waals surface area (Å²) < 4.78 is 4.96. The molecular formula is C9H12N2O2. The summed E-state index contributed by atoms with van der Waals surface area (Å²) >= 11 is 0. The number of methoxy groups -OCH3 is 1. The van der Waals surface area contributed by atoms with Gasteiger partial charge < -0.3 is 10.1 Å². The highest BCUT2D eigenvalue weighted by atomic mass is 16.5. The molecule has 0 radical (unpaired) electrons. The van der Waals surface area contributed by atoms with Crippen molar-refractivity contribution in [3.05, 3.63) is 24.0 Å². The molecule has 13 heavy (non-hydrogen) atoms. The molecule has 0 aliphatic heterocycles. The maximum atomic E-state index is 11.3. The number of amides is 1. The van der Waals surface area contributed by atoms with E-state index in [1.54, 1.807) is 25.4 Å². The first-order valence-electron chi connectivity index (χ1n) is 4.06. The van der Waals surface area contributed by atoms with Gasteiger partial charge in [-0.15, -0.1) is 0 Å². The van der Waals surface area contributed by atoms with E-state index in [1.165, 1.54) is 0 Å². The molecule has 0 saturated carbocycles. The zero-order valence-electron chi connectivity index (χ0n) is 7.70. The Labute approximate surface area is 76.9 Å². The second kappa shape index (κ2) is 4.45. The van der Waals surface area contributed by atoms with E-state index in [0.717, 1.165) is 0 Å². The fourth-order valence-corrected chi connectivity index (χ4v) is 0.913. The standard InChI is InChI=1S/C9H12N2O2/c1-3-10-9(12)8-6-7(13-2)4-5-11-8/h4-6H,3H2,1-2H3,(H,10,12). The molecule has 0 atom stereocenters. The van der Waals surface area contributed by atoms with Crippen LogP contribution in [0.5, 0.6) is 5.75 Å². The first-order chi connectivity index (χ1) is 6.27. The van der Waals surface area contributed by atoms with Crippen LogP contribution in [0.25, 0.3) is 0 Å². The zero-order chi connectivity index (χ0) is 9.68. The average Bonchev–Trinajstić information content (AvgIpc) is 2.18. The van der Waals surface area contributed by atoms with Gasteiger partial charge in [-0.2, -0.15) is 0 Å². The number of nitrogens with zero attached hydrogens (tertiary/aromatic N) is 1. The average molecular weight is 180 g/mol. The van der Waals surface area contributed by atoms with E-state index in [2.05, 4.69) is 10.3 Å². The molecule has 1 aromatic heterocycles. The van der Waals surface area contributed by atoms with Gasteiger partial charge in [0.25, 0.3) is 5.91 Å². The minimum Gasteiger partial charge on any atom is -0.497 e. The molecule has 0 aliphatic carbocycles. The lowest BCUT2D eigenvalue weighted by Crippen LogP contribution is -2.23. The van der Waals surface area contributed by atoms with Gasteiger partial charge in [0.05, 0.1) is 7.11 Å². The molecule has 1 heterocycles. The fourth-order valence-electron chi connectivity index (χ4n) is 0.913. The number of ether oxygens (including phenoxy) is 1. The molecule has 0 saturated heterocycles. The van der Waals surface area contributed by atoms with Crippen molar-refractivity contribution in [1.82, 2.24) is 10.3 Å². The van der Waals surface area contributed by atoms with Crippen LogP contribution < -0.4 is 10.1 Å². The Hall–Kier alpha value is -1.58. The predicted molar refractivity (Wildman–Crippen MR) is 48.8 cm³/mol. The molecule has 1 aromatic rings. The molecule has 0 aliphatic rings. The maximum Gasteiger partial charge on any atom is 0.270 e. The molecule has 0 aromatic carbocycles. The van der Waals surface area contributed by atoms with E-state index in [9.17, 15) is 4.79 Å². The number of hydrogen-bond acceptors (Lipinski definition) is 3. The van der Waals surface area contributed by atoms with Gasteiger partial charge in [-0.1, -0.05) is 0 Å². The largest absolute Gasteiger partial charge is 0.497 e. The van der Waals surface area contributed by atoms with E-state index in [-0.39, 0.29) is 5.91 Å². The second-order valence-corrected chi connectivity index (χ2v) is 2.44. The molecule has 0 spiro atoms. The fraction of sp³-hybridized carbons (Fsp3) is 0.333. The summed E-state index contributed by atoms with van der Waals surface area (Å²) in [6, 6.07) is 3.30. The van der Waals surface area contributed by atoms with Gasteiger partial charge in [0.1, 0.15) is 11.4 Å². The Kier molecular flexibility index (Phi) is 3.25. The molecule has 70 valence electrons. The molecule has 1 rings (SSSR count). The topological polar surface area (TPSA) is 51.2 Å². The van der Waals surface area contributed by atoms with Crippen molar-refractivity contribution in [2.24, 2.45) is 0 Å². The summed E-state index contributed by atoms with van der Waals surface area (Å²) in [7, 11) is 1.55. The second-order valence-electron chi connectivity index (χ2n) is 2.44. The summed E-state index contributed by atoms with van der Waals surface area (Å²) in [5, 5.41) is 2.66. The Morgan fingerprint density at radius 1 is 1.69 bits per heavy atom. The molecular weight excluding hydrogens is 168 g/mol. The van der Waals surface area contributed by atoms with E-state index in [1.807, 2.05) is 6.92 Å². The highest BCUT2D eigenvalue weighted by molar-refractivity contribution is 5.92. The van der Waals surface area contributed by atoms with Gasteiger partial charge in [-0.25, -0.2) is 0 Å². The Bertz CT molecular complexity index is 299. The van der Waals surface area contributed by atoms with E-state index in [4.69, 9.17) is 4.74 Å². The molecule has 0 bridgehead atoms. The van der Waals surface area contributed by atoms with Crippen LogP contribution in [0.1, 0.15) is 17.4 Å². The summed E-state index contributed by atoms with van der Waals surface area (Å²) in [4.78, 5) is 15.2. The van der Waals surface area contributed by atoms with Crippen LogP contribution in [0.4, 0.5) is 0 Å². The van der Waals surface area contributed by atoms with Gasteiger partial charge >= 0.3 is 0 Å². The number of pyridine rings is 1. The summed E-state index contributed by atoms with van der Waals surface area (Å²) in [5.74, 6) is 0.456. The normalized spacial score (nSPS) is 9.38. The van der Waals surface area contributed by atoms with Crippen LogP contribution in [0.2, 0.25) is 0 Å². The van der Waals surface area contributed by atoms with Gasteiger partial charge in [0.2, 0.25) is 0 Å². The Balaban J connectivity index is 2.82. The van der Waals surface area contributed by atoms with Crippen molar-refractivity contribution in [3.8, 4) is 5.75 Å². The smallest absolute Gasteiger partial charge is 0.270 e. The Morgan fingerprint density at radius 3 is 3.08 bits per heavy atom. The quantitative estimate of drug-likeness (QED) is 0.749. The van der Waals surface area contributed by atoms with Crippen molar-refractivity contribution in [2.45, 2.75) is 6.92 Å². The van der Waals surface area contributed by atoms with Crippen LogP contribution in [0, 0.1) is 0 Å². The van der Waals surface area contributed by atoms with E-state index >= 15 is 0 Å². The first kappa shape index (κ1) is 9.51. The predicted octanol–water partition coefficient (Wildman–Crippen LogP) is 0.840. The third-order valence-electron chi connectivity index (χ3n) is 1.54. The van der Waals surface area contributed by atoms with Crippen LogP contribution in [0.3, 0.4) is 0 Å². The molecule has 0 unspecified atom stereocenters. The number of carbonyl (C=O) groups is 1. The van der Waals surface area contributed by atoms with Gasteiger partial charge in [-0.3, -0.25) is 9.78 Å². The minimum absolute atomic E-state index is 0.179. The Morgan fingerprint density at radius 2 is 2.46 bits per heavy atom. The van der Waals surface area contributed by atoms with Crippen LogP contribution >= 0.6 is 0 Å². The van der Waals surface area contributed by atoms with Crippen molar-refractivity contribution >= 4 is 5.91 Å². The zero-order valence-corrected chi connectivity index (χ0v) is 7.70. The number of hydrogen-bond donors (Lipinski definition) is 1. The molecule has 0 fully saturated rings. The monoisotopic (exact) mass is 180 g/mol. The molecule has 4 nitrogen and oxygen atoms in total. The van der Waals surface area contributed by atoms with Crippen LogP contribution in [0.15, 0.2) is 18.3 Å². The highest BCUT2D eigenvalue weighted by Gasteiger charge is 2.05. The van der Waals surface area contributed by atoms with Crippen molar-refractivity contribution in [2.75, 3.05) is 13.7 Å². The van der Waals surface area contributed by atoms with Gasteiger partial charge in [0, 0.05) is 18.8 Å². The van der Waals surface area contributed by atoms with Crippen LogP contribution in [-0.2, 0) is 0 Å². The lowest BCUT2D eigenvalue weighted by atomic mass is 10.3. The minimum atomic E-state index is -0.179. The van der Waals surface area contributed by atoms with Crippen molar-refractivity contribution in [1.29, 1.82) is 0 Å². The molecule has 4 heteroatoms. The van der Waals surface area contributed by atoms with Gasteiger partial charge in [0.15, 0.2) is 0 Å². The van der Waals surface area contributed by atoms with Gasteiger partial charge in [-0.05, 0) is 13.0 Å². The van der Waals surface area contributed by atoms with E-state index in [0.29, 0.717) is 18.0 Å². The third-order valence-corrected chi connectivity index (χ3v) is 1.54. The summed E-state index contributed by atoms with van der Waals surface area (Å²) in [6.07, 6.45) is 1.55. The lowest BCUT2D eigenvalue weighted by Gasteiger charge is -2.02. The maximum absolute atomic E-state index is 11.3. The summed E-state index contributed by atoms with van der Waals surface area (Å²) in [5.41, 5.74) is 0.376. The first-order valence-corrected chi connectivity index (χ1v) is 4.06. The number of aromatic nitrogens is 1. The number of nitrogens with one attached hydrogen (secondary N) is 1. The van der Waals surface area contributed by atoms with E-state index < -0.39 is 0 Å². The summed E-state index contributed by atoms with van der Waals surface area (Å²) in [6.45, 7) is 2.45. The number of rotatable bonds is 3. The highest BCUT2D eigenvalue weighted by Crippen LogP contribution is 2.09. The van der Waals surface area contributed by atoms with Crippen molar-refractivity contribution in [3.63, 3.8) is 0 Å². The van der Waals surface area contributed by atoms with Crippen LogP contribution in [-0.4, -0.2) is 24.5 Å². The molecule has 1 N–H and O–H groups in total. The number of carbonyl (C=O) groups excluding carboxylic acids is 1.